The molecule has 0 atom stereocenters. The van der Waals surface area contributed by atoms with Crippen LogP contribution in [0.5, 0.6) is 5.75 Å². The molecule has 0 radical (unpaired) electrons. The zero-order chi connectivity index (χ0) is 52.6. The summed E-state index contributed by atoms with van der Waals surface area (Å²) in [4.78, 5) is 8.73. The average molecular weight is 981 g/mol. The van der Waals surface area contributed by atoms with Gasteiger partial charge in [0.05, 0.1) is 13.5 Å². The normalized spacial score (nSPS) is 16.9. The maximum atomic E-state index is 9.21. The molecule has 2 aromatic heterocycles. The first-order valence-electron chi connectivity index (χ1n) is 26.6. The second kappa shape index (κ2) is 17.5. The molecular weight excluding hydrogens is 916 g/mol. The number of rotatable bonds is 12. The van der Waals surface area contributed by atoms with Gasteiger partial charge in [-0.2, -0.15) is 37.0 Å². The molecular formula is C54H51N4OPt-3. The summed E-state index contributed by atoms with van der Waals surface area (Å²) >= 11 is 0. The molecule has 6 aromatic carbocycles. The van der Waals surface area contributed by atoms with Crippen LogP contribution in [0.3, 0.4) is 0 Å². The molecule has 1 aliphatic heterocycles. The van der Waals surface area contributed by atoms with Gasteiger partial charge in [-0.05, 0) is 101 Å². The van der Waals surface area contributed by atoms with Crippen molar-refractivity contribution in [1.29, 1.82) is 0 Å². The van der Waals surface area contributed by atoms with Gasteiger partial charge in [0.2, 0.25) is 0 Å². The van der Waals surface area contributed by atoms with Crippen molar-refractivity contribution >= 4 is 38.9 Å². The van der Waals surface area contributed by atoms with Crippen LogP contribution in [0.2, 0.25) is 0 Å². The molecule has 3 heterocycles. The van der Waals surface area contributed by atoms with Crippen LogP contribution >= 0.6 is 0 Å². The van der Waals surface area contributed by atoms with E-state index in [1.165, 1.54) is 18.2 Å². The molecule has 0 spiro atoms. The molecule has 0 unspecified atom stereocenters. The Morgan fingerprint density at radius 3 is 2.50 bits per heavy atom. The maximum Gasteiger partial charge on any atom is 0.135 e. The number of fused-ring (bicyclic) bond motifs is 4. The van der Waals surface area contributed by atoms with Crippen molar-refractivity contribution in [3.63, 3.8) is 0 Å². The van der Waals surface area contributed by atoms with Gasteiger partial charge in [-0.25, -0.2) is 4.98 Å². The van der Waals surface area contributed by atoms with Crippen molar-refractivity contribution in [1.82, 2.24) is 9.55 Å². The van der Waals surface area contributed by atoms with E-state index in [9.17, 15) is 2.74 Å². The Bertz CT molecular complexity index is 3380. The van der Waals surface area contributed by atoms with E-state index in [1.807, 2.05) is 95.5 Å². The fraction of sp³-hybridized carbons (Fsp3) is 0.222. The third-order valence-electron chi connectivity index (χ3n) is 10.6. The largest absolute Gasteiger partial charge is 0.517 e. The monoisotopic (exact) mass is 980 g/mol. The van der Waals surface area contributed by atoms with Crippen molar-refractivity contribution in [2.45, 2.75) is 65.7 Å². The Kier molecular flexibility index (Phi) is 7.96. The molecule has 0 N–H and O–H groups in total. The SMILES string of the molecule is [2H]c1c([2H])c([2H])c(-c2cccc(C([2H])([2H])C([2H])(C([2H])([2H])[2H])C([2H])([2H])[2H])c2CCCN2[CH-]N(c3[c-]c(COc4[c-]c5c(cc4)c4ccccc4n5-c4cc(C(C)(C)C)ccn4)ccc3)c3ccccc32)c([2H])c1[2H].[Pt]. The predicted octanol–water partition coefficient (Wildman–Crippen LogP) is 13.2. The second-order valence-electron chi connectivity index (χ2n) is 15.5. The average Bonchev–Trinajstić information content (AvgIpc) is 3.89. The van der Waals surface area contributed by atoms with Crippen LogP contribution in [-0.2, 0) is 45.9 Å². The molecule has 0 bridgehead atoms. The summed E-state index contributed by atoms with van der Waals surface area (Å²) in [6.45, 7) is 1.59. The molecule has 0 amide bonds. The van der Waals surface area contributed by atoms with E-state index in [0.717, 1.165) is 50.1 Å². The number of hydrogen-bond donors (Lipinski definition) is 0. The number of nitrogens with zero attached hydrogens (tertiary/aromatic N) is 4. The van der Waals surface area contributed by atoms with Gasteiger partial charge in [0.1, 0.15) is 5.82 Å². The van der Waals surface area contributed by atoms with Crippen LogP contribution in [0, 0.1) is 24.7 Å². The van der Waals surface area contributed by atoms with E-state index in [1.54, 1.807) is 0 Å². The van der Waals surface area contributed by atoms with Crippen molar-refractivity contribution in [2.75, 3.05) is 16.3 Å². The number of hydrogen-bond acceptors (Lipinski definition) is 4. The molecule has 0 fully saturated rings. The molecule has 8 aromatic rings. The molecule has 6 heteroatoms. The van der Waals surface area contributed by atoms with Crippen LogP contribution in [-0.4, -0.2) is 16.1 Å². The van der Waals surface area contributed by atoms with Gasteiger partial charge in [0.15, 0.2) is 0 Å². The first-order valence-corrected chi connectivity index (χ1v) is 19.6. The van der Waals surface area contributed by atoms with Gasteiger partial charge in [-0.3, -0.25) is 0 Å². The Morgan fingerprint density at radius 1 is 0.867 bits per heavy atom. The minimum absolute atomic E-state index is 0. The van der Waals surface area contributed by atoms with Crippen LogP contribution in [0.25, 0.3) is 38.8 Å². The molecule has 0 saturated carbocycles. The van der Waals surface area contributed by atoms with Crippen LogP contribution in [0.4, 0.5) is 17.1 Å². The van der Waals surface area contributed by atoms with Gasteiger partial charge in [0.25, 0.3) is 0 Å². The summed E-state index contributed by atoms with van der Waals surface area (Å²) in [6, 6.07) is 37.7. The van der Waals surface area contributed by atoms with Gasteiger partial charge in [0, 0.05) is 62.2 Å². The van der Waals surface area contributed by atoms with Gasteiger partial charge < -0.3 is 19.1 Å². The maximum absolute atomic E-state index is 9.21. The number of ether oxygens (including phenoxy) is 1. The van der Waals surface area contributed by atoms with E-state index < -0.39 is 61.7 Å². The summed E-state index contributed by atoms with van der Waals surface area (Å²) in [7, 11) is 0. The smallest absolute Gasteiger partial charge is 0.135 e. The molecule has 306 valence electrons. The third-order valence-corrected chi connectivity index (χ3v) is 10.6. The zero-order valence-electron chi connectivity index (χ0n) is 47.4. The first-order chi connectivity index (χ1) is 34.3. The van der Waals surface area contributed by atoms with Gasteiger partial charge in [-0.1, -0.05) is 119 Å². The minimum atomic E-state index is -3.66. The fourth-order valence-corrected chi connectivity index (χ4v) is 7.78. The van der Waals surface area contributed by atoms with E-state index in [2.05, 4.69) is 55.7 Å². The molecule has 0 aliphatic carbocycles. The predicted molar refractivity (Wildman–Crippen MR) is 245 cm³/mol. The molecule has 5 nitrogen and oxygen atoms in total. The summed E-state index contributed by atoms with van der Waals surface area (Å²) in [5, 5.41) is 2.09. The Hall–Kier alpha value is -5.64. The summed E-state index contributed by atoms with van der Waals surface area (Å²) in [5.74, 6) is -2.34. The van der Waals surface area contributed by atoms with Gasteiger partial charge in [-0.15, -0.1) is 28.8 Å². The number of para-hydroxylation sites is 3. The third kappa shape index (κ3) is 8.38. The molecule has 1 aliphatic rings. The van der Waals surface area contributed by atoms with Crippen molar-refractivity contribution in [3.05, 3.63) is 187 Å². The number of aromatic nitrogens is 2. The minimum Gasteiger partial charge on any atom is -0.517 e. The number of benzene rings is 6. The van der Waals surface area contributed by atoms with E-state index in [0.29, 0.717) is 11.4 Å². The summed E-state index contributed by atoms with van der Waals surface area (Å²) < 4.78 is 127. The Morgan fingerprint density at radius 2 is 1.67 bits per heavy atom. The number of pyridine rings is 1. The van der Waals surface area contributed by atoms with Crippen molar-refractivity contribution in [3.8, 4) is 22.7 Å². The van der Waals surface area contributed by atoms with Crippen LogP contribution in [0.15, 0.2) is 146 Å². The molecule has 60 heavy (non-hydrogen) atoms. The van der Waals surface area contributed by atoms with Crippen molar-refractivity contribution < 1.29 is 45.0 Å². The standard InChI is InChI=1S/C54H51N4O.Pt/c1-38(2)32-41-19-14-22-45(40-17-7-6-8-18-40)46(41)23-15-31-56-37-57(51-26-12-11-25-50(51)56)43-20-13-16-39(33-43)36-59-44-27-28-48-47-21-9-10-24-49(47)58(52(48)35-44)53-34-42(29-30-55-53)54(3,4)5;/h6-14,16-22,24-30,34,37-38H,15,23,31-32,36H2,1-5H3;/q-3;/i1D3,2D3,6D,7D,8D,17D,18D,32D2,38D;. The second-order valence-corrected chi connectivity index (χ2v) is 15.5. The summed E-state index contributed by atoms with van der Waals surface area (Å²) in [6.07, 6.45) is -1.37. The topological polar surface area (TPSA) is 33.5 Å². The molecule has 0 saturated heterocycles. The quantitative estimate of drug-likeness (QED) is 0.114. The van der Waals surface area contributed by atoms with Crippen LogP contribution < -0.4 is 14.5 Å². The van der Waals surface area contributed by atoms with Crippen molar-refractivity contribution in [2.24, 2.45) is 5.89 Å². The fourth-order valence-electron chi connectivity index (χ4n) is 7.78. The van der Waals surface area contributed by atoms with E-state index in [-0.39, 0.29) is 69.2 Å². The summed E-state index contributed by atoms with van der Waals surface area (Å²) in [5.41, 5.74) is 5.36. The number of anilines is 3. The molecule has 9 rings (SSSR count). The van der Waals surface area contributed by atoms with Crippen LogP contribution in [0.1, 0.15) is 82.3 Å². The van der Waals surface area contributed by atoms with E-state index >= 15 is 0 Å². The first kappa shape index (κ1) is 27.3. The Labute approximate surface area is 389 Å². The van der Waals surface area contributed by atoms with Gasteiger partial charge >= 0.3 is 0 Å². The van der Waals surface area contributed by atoms with E-state index in [4.69, 9.17) is 26.2 Å². The zero-order valence-corrected chi connectivity index (χ0v) is 35.7. The Balaban J connectivity index is 0.00000729.